The Balaban J connectivity index is 0.00000588. The Labute approximate surface area is 265 Å². The third-order valence-electron chi connectivity index (χ3n) is 6.05. The van der Waals surface area contributed by atoms with Crippen molar-refractivity contribution in [3.8, 4) is 0 Å². The van der Waals surface area contributed by atoms with Crippen LogP contribution in [0.5, 0.6) is 0 Å². The van der Waals surface area contributed by atoms with Gasteiger partial charge in [-0.3, -0.25) is 9.11 Å². The molecule has 1 aromatic heterocycles. The number of hydrogen-bond donors (Lipinski definition) is 3. The van der Waals surface area contributed by atoms with Gasteiger partial charge in [-0.25, -0.2) is 4.42 Å². The largest absolute Gasteiger partial charge is 1.00 e. The zero-order valence-corrected chi connectivity index (χ0v) is 27.6. The zero-order chi connectivity index (χ0) is 29.4. The van der Waals surface area contributed by atoms with Crippen LogP contribution in [0.1, 0.15) is 44.9 Å². The van der Waals surface area contributed by atoms with Crippen molar-refractivity contribution in [1.29, 1.82) is 0 Å². The molecule has 0 saturated heterocycles. The number of para-hydroxylation sites is 1. The van der Waals surface area contributed by atoms with E-state index in [0.29, 0.717) is 11.3 Å². The molecule has 0 amide bonds. The molecular weight excluding hydrogens is 575 g/mol. The van der Waals surface area contributed by atoms with Gasteiger partial charge in [-0.05, 0) is 64.0 Å². The summed E-state index contributed by atoms with van der Waals surface area (Å²) in [6.07, 6.45) is 7.95. The average Bonchev–Trinajstić information content (AvgIpc) is 2.85. The van der Waals surface area contributed by atoms with Crippen LogP contribution in [0.4, 0.5) is 11.4 Å². The minimum atomic E-state index is -4.14. The fourth-order valence-corrected chi connectivity index (χ4v) is 5.03. The Morgan fingerprint density at radius 3 is 2.05 bits per heavy atom. The van der Waals surface area contributed by atoms with E-state index in [9.17, 15) is 16.8 Å². The summed E-state index contributed by atoms with van der Waals surface area (Å²) in [5, 5.41) is 4.08. The summed E-state index contributed by atoms with van der Waals surface area (Å²) in [6, 6.07) is 17.4. The number of nitrogens with one attached hydrogen (secondary N) is 1. The summed E-state index contributed by atoms with van der Waals surface area (Å²) in [5.41, 5.74) is 2.98. The van der Waals surface area contributed by atoms with Gasteiger partial charge in [0.25, 0.3) is 20.2 Å². The summed E-state index contributed by atoms with van der Waals surface area (Å²) < 4.78 is 69.5. The van der Waals surface area contributed by atoms with Gasteiger partial charge in [0.2, 0.25) is 0 Å². The average molecular weight is 613 g/mol. The summed E-state index contributed by atoms with van der Waals surface area (Å²) in [7, 11) is -8.27. The van der Waals surface area contributed by atoms with Gasteiger partial charge in [-0.2, -0.15) is 16.8 Å². The molecule has 0 unspecified atom stereocenters. The van der Waals surface area contributed by atoms with Crippen LogP contribution in [0.25, 0.3) is 17.0 Å². The molecule has 3 rings (SSSR count). The van der Waals surface area contributed by atoms with Crippen molar-refractivity contribution in [2.75, 3.05) is 34.8 Å². The molecule has 0 aliphatic carbocycles. The van der Waals surface area contributed by atoms with Gasteiger partial charge in [0.05, 0.1) is 28.4 Å². The molecule has 9 nitrogen and oxygen atoms in total. The molecule has 0 aliphatic heterocycles. The topological polar surface area (TPSA) is 135 Å². The Morgan fingerprint density at radius 2 is 1.49 bits per heavy atom. The number of anilines is 2. The molecule has 0 atom stereocenters. The van der Waals surface area contributed by atoms with E-state index in [1.165, 1.54) is 0 Å². The van der Waals surface area contributed by atoms with E-state index in [1.807, 2.05) is 83.9 Å². The first kappa shape index (κ1) is 34.9. The first-order valence-electron chi connectivity index (χ1n) is 12.9. The van der Waals surface area contributed by atoms with Crippen molar-refractivity contribution in [1.82, 2.24) is 0 Å². The van der Waals surface area contributed by atoms with Gasteiger partial charge >= 0.3 is 40.9 Å². The maximum Gasteiger partial charge on any atom is 1.00 e. The summed E-state index contributed by atoms with van der Waals surface area (Å²) >= 11 is 0. The van der Waals surface area contributed by atoms with E-state index in [-0.39, 0.29) is 60.9 Å². The predicted octanol–water partition coefficient (Wildman–Crippen LogP) is 3.02. The van der Waals surface area contributed by atoms with E-state index in [0.717, 1.165) is 22.4 Å². The van der Waals surface area contributed by atoms with Crippen molar-refractivity contribution in [2.45, 2.75) is 39.0 Å². The fraction of sp³-hybridized carbons (Fsp3) is 0.345. The van der Waals surface area contributed by atoms with Gasteiger partial charge in [0.15, 0.2) is 0 Å². The third-order valence-corrected chi connectivity index (χ3v) is 7.66. The second-order valence-corrected chi connectivity index (χ2v) is 13.6. The Hall–Kier alpha value is -2.25. The van der Waals surface area contributed by atoms with E-state index in [2.05, 4.69) is 26.1 Å². The van der Waals surface area contributed by atoms with Crippen LogP contribution in [0.3, 0.4) is 0 Å². The second-order valence-electron chi connectivity index (χ2n) is 10.5. The van der Waals surface area contributed by atoms with Crippen molar-refractivity contribution >= 4 is 48.7 Å². The van der Waals surface area contributed by atoms with E-state index < -0.39 is 31.7 Å². The van der Waals surface area contributed by atoms with Gasteiger partial charge in [-0.15, -0.1) is 0 Å². The standard InChI is InChI=1S/C29H36N2O7S2.Na/c1-29(2,3)28-21-23(11-7-8-16-30-24-12-5-4-6-13-24)26-15-14-25(22-27(26)38-28)31(17-9-19-39(32,33)34)18-10-20-40(35,36)37;/h4-8,11-16,21-22,30H,9-10,17-20H2,1-3H3,(H-,32,33,34,35,36,37);/q;+1/p+1. The predicted molar refractivity (Wildman–Crippen MR) is 162 cm³/mol. The SMILES string of the molecule is CC(C)(C)c1cc(C=CC=CNc2ccccc2)c2ccc(N(CCCS(=O)(=O)O)CCCS(=O)(=O)O)cc2[o+]1.[Na+]. The third kappa shape index (κ3) is 12.3. The quantitative estimate of drug-likeness (QED) is 0.115. The Morgan fingerprint density at radius 1 is 0.878 bits per heavy atom. The van der Waals surface area contributed by atoms with Gasteiger partial charge in [-0.1, -0.05) is 30.4 Å². The molecule has 3 N–H and O–H groups in total. The maximum absolute atomic E-state index is 11.2. The van der Waals surface area contributed by atoms with E-state index >= 15 is 0 Å². The van der Waals surface area contributed by atoms with Gasteiger partial charge in [0, 0.05) is 42.3 Å². The Kier molecular flexibility index (Phi) is 13.0. The summed E-state index contributed by atoms with van der Waals surface area (Å²) in [5.74, 6) is -0.0714. The van der Waals surface area contributed by atoms with Crippen molar-refractivity contribution in [2.24, 2.45) is 0 Å². The van der Waals surface area contributed by atoms with Crippen LogP contribution in [0, 0.1) is 0 Å². The van der Waals surface area contributed by atoms with Crippen LogP contribution >= 0.6 is 0 Å². The molecular formula is C29H37N2NaO7S2+2. The summed E-state index contributed by atoms with van der Waals surface area (Å²) in [6.45, 7) is 6.66. The number of allylic oxidation sites excluding steroid dienone is 2. The number of nitrogens with zero attached hydrogens (tertiary/aromatic N) is 1. The van der Waals surface area contributed by atoms with Crippen LogP contribution in [0.15, 0.2) is 77.4 Å². The van der Waals surface area contributed by atoms with Crippen LogP contribution in [0.2, 0.25) is 0 Å². The second kappa shape index (κ2) is 15.3. The number of rotatable bonds is 13. The normalized spacial score (nSPS) is 12.6. The minimum absolute atomic E-state index is 0. The van der Waals surface area contributed by atoms with E-state index in [4.69, 9.17) is 13.5 Å². The first-order valence-corrected chi connectivity index (χ1v) is 16.1. The molecule has 0 bridgehead atoms. The molecule has 216 valence electrons. The van der Waals surface area contributed by atoms with Crippen molar-refractivity contribution in [3.05, 3.63) is 84.3 Å². The van der Waals surface area contributed by atoms with Crippen molar-refractivity contribution < 1.29 is 59.9 Å². The monoisotopic (exact) mass is 612 g/mol. The molecule has 0 aliphatic rings. The van der Waals surface area contributed by atoms with Crippen LogP contribution in [-0.4, -0.2) is 50.5 Å². The number of fused-ring (bicyclic) bond motifs is 1. The molecule has 0 saturated carbocycles. The molecule has 0 spiro atoms. The maximum atomic E-state index is 11.2. The molecule has 41 heavy (non-hydrogen) atoms. The molecule has 0 radical (unpaired) electrons. The number of hydrogen-bond acceptors (Lipinski definition) is 6. The first-order chi connectivity index (χ1) is 18.7. The van der Waals surface area contributed by atoms with Crippen LogP contribution < -0.4 is 39.8 Å². The summed E-state index contributed by atoms with van der Waals surface area (Å²) in [4.78, 5) is 1.82. The zero-order valence-electron chi connectivity index (χ0n) is 23.9. The Bertz CT molecular complexity index is 1530. The molecule has 3 aromatic rings. The van der Waals surface area contributed by atoms with Crippen molar-refractivity contribution in [3.63, 3.8) is 0 Å². The van der Waals surface area contributed by atoms with E-state index in [1.54, 1.807) is 0 Å². The molecule has 1 heterocycles. The van der Waals surface area contributed by atoms with Gasteiger partial charge < -0.3 is 10.2 Å². The number of benzene rings is 2. The smallest absolute Gasteiger partial charge is 0.371 e. The molecule has 2 aromatic carbocycles. The minimum Gasteiger partial charge on any atom is -0.371 e. The molecule has 0 fully saturated rings. The van der Waals surface area contributed by atoms with Gasteiger partial charge in [0.1, 0.15) is 0 Å². The molecule has 12 heteroatoms. The van der Waals surface area contributed by atoms with Crippen LogP contribution in [-0.2, 0) is 25.7 Å². The fourth-order valence-electron chi connectivity index (χ4n) is 4.04.